The molecule has 0 radical (unpaired) electrons. The Kier molecular flexibility index (Phi) is 10.1. The third kappa shape index (κ3) is 7.13. The zero-order valence-electron chi connectivity index (χ0n) is 26.5. The molecule has 0 aromatic carbocycles. The first-order chi connectivity index (χ1) is 20.6. The second kappa shape index (κ2) is 13.5. The molecule has 1 spiro atoms. The molecule has 0 aromatic heterocycles. The van der Waals surface area contributed by atoms with Gasteiger partial charge in [0, 0.05) is 43.5 Å². The quantitative estimate of drug-likeness (QED) is 0.370. The van der Waals surface area contributed by atoms with E-state index in [-0.39, 0.29) is 41.2 Å². The lowest BCUT2D eigenvalue weighted by molar-refractivity contribution is -0.129. The summed E-state index contributed by atoms with van der Waals surface area (Å²) in [6.45, 7) is 2.20. The van der Waals surface area contributed by atoms with Gasteiger partial charge in [-0.25, -0.2) is 12.8 Å². The van der Waals surface area contributed by atoms with E-state index in [1.54, 1.807) is 0 Å². The molecule has 3 saturated heterocycles. The molecule has 3 heterocycles. The summed E-state index contributed by atoms with van der Waals surface area (Å²) in [4.78, 5) is 17.1. The lowest BCUT2D eigenvalue weighted by Gasteiger charge is -2.47. The lowest BCUT2D eigenvalue weighted by Crippen LogP contribution is -2.62. The number of carbonyl (C=O) groups is 1. The predicted molar refractivity (Wildman–Crippen MR) is 169 cm³/mol. The van der Waals surface area contributed by atoms with Crippen molar-refractivity contribution in [3.8, 4) is 0 Å². The van der Waals surface area contributed by atoms with Gasteiger partial charge in [0.2, 0.25) is 5.91 Å². The van der Waals surface area contributed by atoms with Crippen molar-refractivity contribution in [2.24, 2.45) is 28.9 Å². The minimum absolute atomic E-state index is 0.00324. The van der Waals surface area contributed by atoms with Crippen LogP contribution in [0.3, 0.4) is 0 Å². The van der Waals surface area contributed by atoms with Crippen LogP contribution in [0.5, 0.6) is 0 Å². The number of alkyl halides is 1. The van der Waals surface area contributed by atoms with E-state index in [2.05, 4.69) is 20.9 Å². The average molecular weight is 624 g/mol. The number of sulfone groups is 1. The number of nitrogens with zero attached hydrogens (tertiary/aromatic N) is 1. The highest BCUT2D eigenvalue weighted by atomic mass is 32.2. The molecule has 10 heteroatoms. The fourth-order valence-corrected chi connectivity index (χ4v) is 11.6. The summed E-state index contributed by atoms with van der Waals surface area (Å²) >= 11 is 0. The number of piperidine rings is 1. The van der Waals surface area contributed by atoms with Crippen LogP contribution in [-0.2, 0) is 14.6 Å². The Morgan fingerprint density at radius 3 is 2.37 bits per heavy atom. The van der Waals surface area contributed by atoms with Crippen molar-refractivity contribution in [2.45, 2.75) is 151 Å². The van der Waals surface area contributed by atoms with Crippen LogP contribution >= 0.6 is 0 Å². The molecule has 7 unspecified atom stereocenters. The molecule has 2 bridgehead atoms. The van der Waals surface area contributed by atoms with Gasteiger partial charge in [-0.05, 0) is 94.4 Å². The Balaban J connectivity index is 1.21. The number of rotatable bonds is 5. The number of hydrogen-bond acceptors (Lipinski definition) is 7. The van der Waals surface area contributed by atoms with Crippen molar-refractivity contribution in [3.63, 3.8) is 0 Å². The fourth-order valence-electron chi connectivity index (χ4n) is 10.5. The highest BCUT2D eigenvalue weighted by Gasteiger charge is 2.51. The first-order valence-electron chi connectivity index (χ1n) is 17.8. The topological polar surface area (TPSA) is 117 Å². The Labute approximate surface area is 259 Å². The van der Waals surface area contributed by atoms with E-state index in [9.17, 15) is 13.2 Å². The van der Waals surface area contributed by atoms with Crippen LogP contribution in [0.1, 0.15) is 109 Å². The summed E-state index contributed by atoms with van der Waals surface area (Å²) in [6.07, 6.45) is 17.6. The molecule has 246 valence electrons. The van der Waals surface area contributed by atoms with Crippen molar-refractivity contribution in [2.75, 3.05) is 25.9 Å². The molecular weight excluding hydrogens is 565 g/mol. The zero-order valence-corrected chi connectivity index (χ0v) is 27.3. The molecule has 3 saturated carbocycles. The van der Waals surface area contributed by atoms with Crippen LogP contribution in [0.25, 0.3) is 0 Å². The van der Waals surface area contributed by atoms with Crippen molar-refractivity contribution in [1.82, 2.24) is 20.9 Å². The van der Waals surface area contributed by atoms with Crippen LogP contribution in [0.2, 0.25) is 0 Å². The molecular formula is C33H58FN5O3S. The number of nitrogens with one attached hydrogen (secondary N) is 3. The Bertz CT molecular complexity index is 1060. The summed E-state index contributed by atoms with van der Waals surface area (Å²) in [5.74, 6) is 0.317. The van der Waals surface area contributed by atoms with E-state index >= 15 is 4.39 Å². The fraction of sp³-hybridized carbons (Fsp3) is 0.970. The Hall–Kier alpha value is -0.810. The monoisotopic (exact) mass is 623 g/mol. The molecule has 5 N–H and O–H groups in total. The number of amides is 1. The van der Waals surface area contributed by atoms with Crippen molar-refractivity contribution in [1.29, 1.82) is 0 Å². The molecule has 1 amide bonds. The maximum absolute atomic E-state index is 15.1. The molecule has 7 atom stereocenters. The normalized spacial score (nSPS) is 41.7. The zero-order chi connectivity index (χ0) is 30.2. The number of fused-ring (bicyclic) bond motifs is 1. The van der Waals surface area contributed by atoms with Crippen LogP contribution in [0.15, 0.2) is 0 Å². The van der Waals surface area contributed by atoms with E-state index in [1.165, 1.54) is 44.8 Å². The summed E-state index contributed by atoms with van der Waals surface area (Å²) in [6, 6.07) is 0.478. The number of hydrogen-bond donors (Lipinski definition) is 4. The highest BCUT2D eigenvalue weighted by molar-refractivity contribution is 7.91. The SMILES string of the molecule is CS(=O)(=O)C1CCC(C2CCN(C3CCCCC3)CC2NC(=O)C2C(N)NC3CC(F)CNC2CC32CCCCC2)CC1. The third-order valence-electron chi connectivity index (χ3n) is 12.9. The number of halogens is 1. The van der Waals surface area contributed by atoms with Gasteiger partial charge >= 0.3 is 0 Å². The van der Waals surface area contributed by atoms with Crippen LogP contribution in [0, 0.1) is 23.2 Å². The maximum atomic E-state index is 15.1. The van der Waals surface area contributed by atoms with Gasteiger partial charge in [0.1, 0.15) is 16.0 Å². The van der Waals surface area contributed by atoms with Crippen molar-refractivity contribution in [3.05, 3.63) is 0 Å². The first-order valence-corrected chi connectivity index (χ1v) is 19.7. The first kappa shape index (κ1) is 32.1. The van der Waals surface area contributed by atoms with Gasteiger partial charge < -0.3 is 16.4 Å². The minimum atomic E-state index is -3.02. The molecule has 3 aliphatic heterocycles. The van der Waals surface area contributed by atoms with E-state index < -0.39 is 28.1 Å². The highest BCUT2D eigenvalue weighted by Crippen LogP contribution is 2.48. The lowest BCUT2D eigenvalue weighted by atomic mass is 9.64. The van der Waals surface area contributed by atoms with Crippen LogP contribution in [0.4, 0.5) is 4.39 Å². The molecule has 6 aliphatic rings. The van der Waals surface area contributed by atoms with E-state index in [4.69, 9.17) is 5.73 Å². The summed E-state index contributed by atoms with van der Waals surface area (Å²) in [5.41, 5.74) is 6.85. The standard InChI is InChI=1S/C33H58FN5O3S/c1-43(41,42)25-12-10-22(11-13-25)26-14-17-39(24-8-4-2-5-9-24)21-28(26)37-32(40)30-27-19-33(15-6-3-7-16-33)29(38-31(30)35)18-23(34)20-36-27/h22-31,36,38H,2-21,35H2,1H3,(H,37,40). The second-order valence-electron chi connectivity index (χ2n) is 15.5. The maximum Gasteiger partial charge on any atom is 0.227 e. The molecule has 6 rings (SSSR count). The summed E-state index contributed by atoms with van der Waals surface area (Å²) in [5, 5.41) is 10.5. The van der Waals surface area contributed by atoms with Gasteiger partial charge in [-0.15, -0.1) is 0 Å². The second-order valence-corrected chi connectivity index (χ2v) is 17.8. The van der Waals surface area contributed by atoms with Gasteiger partial charge in [0.05, 0.1) is 17.3 Å². The van der Waals surface area contributed by atoms with Gasteiger partial charge in [-0.1, -0.05) is 38.5 Å². The summed E-state index contributed by atoms with van der Waals surface area (Å²) in [7, 11) is -3.02. The number of carbonyl (C=O) groups excluding carboxylic acids is 1. The molecule has 43 heavy (non-hydrogen) atoms. The largest absolute Gasteiger partial charge is 0.351 e. The van der Waals surface area contributed by atoms with Gasteiger partial charge in [-0.2, -0.15) is 0 Å². The smallest absolute Gasteiger partial charge is 0.227 e. The van der Waals surface area contributed by atoms with Crippen LogP contribution < -0.4 is 21.7 Å². The predicted octanol–water partition coefficient (Wildman–Crippen LogP) is 3.64. The Morgan fingerprint density at radius 2 is 1.67 bits per heavy atom. The van der Waals surface area contributed by atoms with Gasteiger partial charge in [-0.3, -0.25) is 15.0 Å². The van der Waals surface area contributed by atoms with E-state index in [0.29, 0.717) is 24.3 Å². The molecule has 3 aliphatic carbocycles. The minimum Gasteiger partial charge on any atom is -0.351 e. The number of nitrogens with two attached hydrogens (primary N) is 1. The number of likely N-dealkylation sites (tertiary alicyclic amines) is 1. The Morgan fingerprint density at radius 1 is 0.977 bits per heavy atom. The average Bonchev–Trinajstić information content (AvgIpc) is 3.05. The molecule has 0 aromatic rings. The van der Waals surface area contributed by atoms with Crippen LogP contribution in [-0.4, -0.2) is 86.9 Å². The van der Waals surface area contributed by atoms with Crippen molar-refractivity contribution >= 4 is 15.7 Å². The molecule has 6 fully saturated rings. The van der Waals surface area contributed by atoms with E-state index in [0.717, 1.165) is 77.3 Å². The molecule has 8 nitrogen and oxygen atoms in total. The summed E-state index contributed by atoms with van der Waals surface area (Å²) < 4.78 is 39.6. The van der Waals surface area contributed by atoms with Crippen molar-refractivity contribution < 1.29 is 17.6 Å². The van der Waals surface area contributed by atoms with E-state index in [1.807, 2.05) is 0 Å². The van der Waals surface area contributed by atoms with Gasteiger partial charge in [0.25, 0.3) is 0 Å². The van der Waals surface area contributed by atoms with Gasteiger partial charge in [0.15, 0.2) is 0 Å². The third-order valence-corrected chi connectivity index (χ3v) is 14.6.